The fraction of sp³-hybridized carbons (Fsp3) is 0.250. The van der Waals surface area contributed by atoms with Crippen LogP contribution in [0, 0.1) is 5.92 Å². The second-order valence-corrected chi connectivity index (χ2v) is 5.70. The molecule has 2 N–H and O–H groups in total. The highest BCUT2D eigenvalue weighted by Crippen LogP contribution is 2.15. The Hall–Kier alpha value is -2.96. The number of benzene rings is 1. The molecule has 0 fully saturated rings. The molecule has 7 heteroatoms. The molecule has 0 radical (unpaired) electrons. The van der Waals surface area contributed by atoms with Crippen LogP contribution in [0.1, 0.15) is 24.3 Å². The summed E-state index contributed by atoms with van der Waals surface area (Å²) in [6.45, 7) is 4.92. The summed E-state index contributed by atoms with van der Waals surface area (Å²) in [4.78, 5) is 28.5. The topological polar surface area (TPSA) is 92.7 Å². The van der Waals surface area contributed by atoms with Gasteiger partial charge in [0.1, 0.15) is 0 Å². The normalized spacial score (nSPS) is 11.1. The van der Waals surface area contributed by atoms with E-state index in [-0.39, 0.29) is 11.3 Å². The van der Waals surface area contributed by atoms with Gasteiger partial charge in [0.05, 0.1) is 5.39 Å². The molecule has 7 nitrogen and oxygen atoms in total. The maximum Gasteiger partial charge on any atom is 0.279 e. The molecule has 0 unspecified atom stereocenters. The minimum absolute atomic E-state index is 0.166. The van der Waals surface area contributed by atoms with Gasteiger partial charge in [0.15, 0.2) is 5.69 Å². The predicted octanol–water partition coefficient (Wildman–Crippen LogP) is 2.03. The third kappa shape index (κ3) is 2.98. The fourth-order valence-corrected chi connectivity index (χ4v) is 2.42. The Morgan fingerprint density at radius 2 is 2.04 bits per heavy atom. The quantitative estimate of drug-likeness (QED) is 0.771. The van der Waals surface area contributed by atoms with E-state index in [0.29, 0.717) is 22.6 Å². The van der Waals surface area contributed by atoms with Crippen LogP contribution in [0.5, 0.6) is 0 Å². The number of anilines is 1. The standard InChI is InChI=1S/C16H17N5O2/c1-10(2)9-21-8-7-17-16(21)18-15(23)13-11-5-3-4-6-12(11)14(22)20-19-13/h3-8,10H,9H2,1-2H3,(H,20,22)(H,17,18,23). The molecule has 2 aromatic heterocycles. The van der Waals surface area contributed by atoms with E-state index >= 15 is 0 Å². The van der Waals surface area contributed by atoms with Crippen LogP contribution in [0.3, 0.4) is 0 Å². The fourth-order valence-electron chi connectivity index (χ4n) is 2.42. The van der Waals surface area contributed by atoms with E-state index in [1.165, 1.54) is 0 Å². The summed E-state index contributed by atoms with van der Waals surface area (Å²) in [5.41, 5.74) is -0.155. The lowest BCUT2D eigenvalue weighted by molar-refractivity contribution is 0.102. The van der Waals surface area contributed by atoms with Crippen LogP contribution >= 0.6 is 0 Å². The zero-order valence-electron chi connectivity index (χ0n) is 12.9. The van der Waals surface area contributed by atoms with Gasteiger partial charge in [0.25, 0.3) is 11.5 Å². The molecule has 0 aliphatic rings. The molecule has 0 saturated carbocycles. The maximum atomic E-state index is 12.5. The van der Waals surface area contributed by atoms with Crippen molar-refractivity contribution in [3.05, 3.63) is 52.7 Å². The Balaban J connectivity index is 1.95. The van der Waals surface area contributed by atoms with E-state index in [2.05, 4.69) is 34.3 Å². The van der Waals surface area contributed by atoms with Crippen LogP contribution < -0.4 is 10.9 Å². The first kappa shape index (κ1) is 15.0. The second kappa shape index (κ2) is 6.04. The molecule has 3 rings (SSSR count). The number of aromatic nitrogens is 4. The molecule has 3 aromatic rings. The van der Waals surface area contributed by atoms with Crippen LogP contribution in [0.2, 0.25) is 0 Å². The number of carbonyl (C=O) groups is 1. The zero-order chi connectivity index (χ0) is 16.4. The van der Waals surface area contributed by atoms with E-state index < -0.39 is 5.91 Å². The summed E-state index contributed by atoms with van der Waals surface area (Å²) in [6, 6.07) is 6.87. The summed E-state index contributed by atoms with van der Waals surface area (Å²) in [6.07, 6.45) is 3.45. The van der Waals surface area contributed by atoms with Crippen LogP contribution in [-0.2, 0) is 6.54 Å². The van der Waals surface area contributed by atoms with Gasteiger partial charge >= 0.3 is 0 Å². The average Bonchev–Trinajstić information content (AvgIpc) is 2.94. The number of rotatable bonds is 4. The predicted molar refractivity (Wildman–Crippen MR) is 87.4 cm³/mol. The molecule has 1 aromatic carbocycles. The lowest BCUT2D eigenvalue weighted by Crippen LogP contribution is -2.21. The number of hydrogen-bond donors (Lipinski definition) is 2. The lowest BCUT2D eigenvalue weighted by Gasteiger charge is -2.11. The van der Waals surface area contributed by atoms with Crippen molar-refractivity contribution in [1.29, 1.82) is 0 Å². The zero-order valence-corrected chi connectivity index (χ0v) is 12.9. The second-order valence-electron chi connectivity index (χ2n) is 5.70. The van der Waals surface area contributed by atoms with Crippen molar-refractivity contribution in [3.63, 3.8) is 0 Å². The van der Waals surface area contributed by atoms with Gasteiger partial charge in [-0.1, -0.05) is 32.0 Å². The molecular formula is C16H17N5O2. The van der Waals surface area contributed by atoms with Crippen molar-refractivity contribution in [2.24, 2.45) is 5.92 Å². The summed E-state index contributed by atoms with van der Waals surface area (Å²) in [5, 5.41) is 9.94. The number of carbonyl (C=O) groups excluding carboxylic acids is 1. The number of amides is 1. The molecule has 2 heterocycles. The van der Waals surface area contributed by atoms with Crippen LogP contribution in [0.4, 0.5) is 5.95 Å². The lowest BCUT2D eigenvalue weighted by atomic mass is 10.1. The SMILES string of the molecule is CC(C)Cn1ccnc1NC(=O)c1n[nH]c(=O)c2ccccc12. The molecule has 0 bridgehead atoms. The van der Waals surface area contributed by atoms with Gasteiger partial charge in [-0.3, -0.25) is 14.9 Å². The van der Waals surface area contributed by atoms with E-state index in [9.17, 15) is 9.59 Å². The van der Waals surface area contributed by atoms with Gasteiger partial charge < -0.3 is 4.57 Å². The van der Waals surface area contributed by atoms with Crippen LogP contribution in [0.25, 0.3) is 10.8 Å². The molecule has 0 saturated heterocycles. The first-order chi connectivity index (χ1) is 11.1. The largest absolute Gasteiger partial charge is 0.317 e. The monoisotopic (exact) mass is 311 g/mol. The highest BCUT2D eigenvalue weighted by atomic mass is 16.2. The number of imidazole rings is 1. The number of aromatic amines is 1. The van der Waals surface area contributed by atoms with Crippen molar-refractivity contribution in [1.82, 2.24) is 19.7 Å². The maximum absolute atomic E-state index is 12.5. The van der Waals surface area contributed by atoms with Crippen molar-refractivity contribution in [2.75, 3.05) is 5.32 Å². The van der Waals surface area contributed by atoms with Gasteiger partial charge in [-0.05, 0) is 12.0 Å². The van der Waals surface area contributed by atoms with E-state index in [4.69, 9.17) is 0 Å². The van der Waals surface area contributed by atoms with Gasteiger partial charge in [-0.2, -0.15) is 5.10 Å². The van der Waals surface area contributed by atoms with Crippen molar-refractivity contribution < 1.29 is 4.79 Å². The first-order valence-corrected chi connectivity index (χ1v) is 7.36. The highest BCUT2D eigenvalue weighted by Gasteiger charge is 2.16. The summed E-state index contributed by atoms with van der Waals surface area (Å²) in [5.74, 6) is 0.473. The number of nitrogens with zero attached hydrogens (tertiary/aromatic N) is 3. The minimum atomic E-state index is -0.409. The molecule has 0 aliphatic carbocycles. The Labute approximate surface area is 132 Å². The molecule has 23 heavy (non-hydrogen) atoms. The molecule has 118 valence electrons. The summed E-state index contributed by atoms with van der Waals surface area (Å²) in [7, 11) is 0. The van der Waals surface area contributed by atoms with Gasteiger partial charge in [0, 0.05) is 24.3 Å². The minimum Gasteiger partial charge on any atom is -0.317 e. The highest BCUT2D eigenvalue weighted by molar-refractivity contribution is 6.10. The number of H-pyrrole nitrogens is 1. The van der Waals surface area contributed by atoms with E-state index in [1.807, 2.05) is 10.8 Å². The first-order valence-electron chi connectivity index (χ1n) is 7.36. The van der Waals surface area contributed by atoms with Crippen LogP contribution in [-0.4, -0.2) is 25.7 Å². The Morgan fingerprint density at radius 1 is 1.30 bits per heavy atom. The Bertz CT molecular complexity index is 910. The smallest absolute Gasteiger partial charge is 0.279 e. The van der Waals surface area contributed by atoms with Gasteiger partial charge in [-0.25, -0.2) is 10.1 Å². The third-order valence-electron chi connectivity index (χ3n) is 3.41. The Morgan fingerprint density at radius 3 is 2.78 bits per heavy atom. The Kier molecular flexibility index (Phi) is 3.92. The molecule has 0 atom stereocenters. The van der Waals surface area contributed by atoms with E-state index in [1.54, 1.807) is 30.5 Å². The van der Waals surface area contributed by atoms with Gasteiger partial charge in [-0.15, -0.1) is 0 Å². The molecule has 0 aliphatic heterocycles. The van der Waals surface area contributed by atoms with Crippen molar-refractivity contribution >= 4 is 22.6 Å². The molecule has 0 spiro atoms. The van der Waals surface area contributed by atoms with Crippen molar-refractivity contribution in [2.45, 2.75) is 20.4 Å². The van der Waals surface area contributed by atoms with Crippen molar-refractivity contribution in [3.8, 4) is 0 Å². The number of nitrogens with one attached hydrogen (secondary N) is 2. The summed E-state index contributed by atoms with van der Waals surface area (Å²) < 4.78 is 1.87. The van der Waals surface area contributed by atoms with Crippen LogP contribution in [0.15, 0.2) is 41.5 Å². The third-order valence-corrected chi connectivity index (χ3v) is 3.41. The average molecular weight is 311 g/mol. The van der Waals surface area contributed by atoms with Gasteiger partial charge in [0.2, 0.25) is 5.95 Å². The molecule has 1 amide bonds. The number of fused-ring (bicyclic) bond motifs is 1. The molecular weight excluding hydrogens is 294 g/mol. The summed E-state index contributed by atoms with van der Waals surface area (Å²) >= 11 is 0. The van der Waals surface area contributed by atoms with E-state index in [0.717, 1.165) is 6.54 Å². The number of hydrogen-bond acceptors (Lipinski definition) is 4.